The normalized spacial score (nSPS) is 14.5. The molecule has 5 nitrogen and oxygen atoms in total. The Morgan fingerprint density at radius 2 is 1.88 bits per heavy atom. The Balaban J connectivity index is 1.18. The second-order valence-electron chi connectivity index (χ2n) is 8.17. The quantitative estimate of drug-likeness (QED) is 0.351. The number of piperidine rings is 1. The molecule has 2 aromatic heterocycles. The number of amides is 2. The molecule has 0 saturated carbocycles. The summed E-state index contributed by atoms with van der Waals surface area (Å²) in [7, 11) is 0. The Kier molecular flexibility index (Phi) is 6.63. The maximum Gasteiger partial charge on any atom is 0.271 e. The first-order valence-corrected chi connectivity index (χ1v) is 13.1. The lowest BCUT2D eigenvalue weighted by Gasteiger charge is -2.31. The number of carbonyl (C=O) groups excluding carboxylic acids is 2. The second-order valence-corrected chi connectivity index (χ2v) is 10.4. The number of likely N-dealkylation sites (tertiary alicyclic amines) is 1. The van der Waals surface area contributed by atoms with Crippen molar-refractivity contribution in [2.24, 2.45) is 0 Å². The molecule has 34 heavy (non-hydrogen) atoms. The van der Waals surface area contributed by atoms with E-state index in [1.807, 2.05) is 12.1 Å². The van der Waals surface area contributed by atoms with Crippen molar-refractivity contribution in [2.75, 3.05) is 13.1 Å². The molecule has 1 fully saturated rings. The highest BCUT2D eigenvalue weighted by atomic mass is 35.5. The third kappa shape index (κ3) is 4.58. The lowest BCUT2D eigenvalue weighted by atomic mass is 9.97. The molecule has 174 valence electrons. The Morgan fingerprint density at radius 3 is 2.68 bits per heavy atom. The van der Waals surface area contributed by atoms with Crippen molar-refractivity contribution in [2.45, 2.75) is 25.3 Å². The molecule has 0 aliphatic carbocycles. The van der Waals surface area contributed by atoms with Gasteiger partial charge in [-0.15, -0.1) is 22.7 Å². The van der Waals surface area contributed by atoms with Crippen molar-refractivity contribution in [1.29, 1.82) is 0 Å². The highest BCUT2D eigenvalue weighted by Gasteiger charge is 2.29. The van der Waals surface area contributed by atoms with Gasteiger partial charge < -0.3 is 10.2 Å². The Hall–Kier alpha value is -2.81. The van der Waals surface area contributed by atoms with Crippen molar-refractivity contribution in [3.63, 3.8) is 0 Å². The SMILES string of the molecule is O=C(NCc1csc2ccccc12)c1csc(C2CCN(C(=O)c3c(F)cccc3Cl)CC2)n1. The number of thiophene rings is 1. The molecule has 0 atom stereocenters. The first-order valence-electron chi connectivity index (χ1n) is 10.9. The first kappa shape index (κ1) is 23.0. The van der Waals surface area contributed by atoms with E-state index in [-0.39, 0.29) is 28.3 Å². The van der Waals surface area contributed by atoms with Crippen LogP contribution in [0.5, 0.6) is 0 Å². The maximum atomic E-state index is 14.1. The molecule has 0 bridgehead atoms. The molecular formula is C25H21ClFN3O2S2. The van der Waals surface area contributed by atoms with E-state index in [2.05, 4.69) is 27.8 Å². The summed E-state index contributed by atoms with van der Waals surface area (Å²) in [4.78, 5) is 31.6. The van der Waals surface area contributed by atoms with Crippen molar-refractivity contribution in [3.8, 4) is 0 Å². The van der Waals surface area contributed by atoms with Crippen LogP contribution >= 0.6 is 34.3 Å². The fourth-order valence-corrected chi connectivity index (χ4v) is 6.38. The zero-order valence-electron chi connectivity index (χ0n) is 18.1. The fraction of sp³-hybridized carbons (Fsp3) is 0.240. The van der Waals surface area contributed by atoms with Crippen LogP contribution in [0.2, 0.25) is 5.02 Å². The van der Waals surface area contributed by atoms with Crippen LogP contribution in [0.1, 0.15) is 50.2 Å². The Morgan fingerprint density at radius 1 is 1.09 bits per heavy atom. The molecule has 2 amide bonds. The highest BCUT2D eigenvalue weighted by molar-refractivity contribution is 7.17. The number of halogens is 2. The van der Waals surface area contributed by atoms with Crippen LogP contribution < -0.4 is 5.32 Å². The number of carbonyl (C=O) groups is 2. The minimum atomic E-state index is -0.606. The van der Waals surface area contributed by atoms with Gasteiger partial charge in [0.15, 0.2) is 0 Å². The number of nitrogens with one attached hydrogen (secondary N) is 1. The van der Waals surface area contributed by atoms with Gasteiger partial charge in [-0.05, 0) is 47.4 Å². The molecule has 1 aliphatic heterocycles. The summed E-state index contributed by atoms with van der Waals surface area (Å²) in [5.74, 6) is -1.03. The Labute approximate surface area is 209 Å². The fourth-order valence-electron chi connectivity index (χ4n) is 4.20. The molecule has 5 rings (SSSR count). The van der Waals surface area contributed by atoms with Crippen molar-refractivity contribution in [3.05, 3.63) is 85.9 Å². The van der Waals surface area contributed by atoms with Gasteiger partial charge in [-0.2, -0.15) is 0 Å². The standard InChI is InChI=1S/C25H21ClFN3O2S2/c26-18-5-3-6-19(27)22(18)25(32)30-10-8-15(9-11-30)24-29-20(14-34-24)23(31)28-12-16-13-33-21-7-2-1-4-17(16)21/h1-7,13-15H,8-12H2,(H,28,31). The third-order valence-corrected chi connectivity index (χ3v) is 8.40. The van der Waals surface area contributed by atoms with Gasteiger partial charge in [0.05, 0.1) is 15.6 Å². The summed E-state index contributed by atoms with van der Waals surface area (Å²) in [5.41, 5.74) is 1.43. The Bertz CT molecular complexity index is 1340. The zero-order chi connectivity index (χ0) is 23.7. The summed E-state index contributed by atoms with van der Waals surface area (Å²) in [5, 5.41) is 9.00. The summed E-state index contributed by atoms with van der Waals surface area (Å²) in [6.07, 6.45) is 1.40. The van der Waals surface area contributed by atoms with Crippen LogP contribution in [0.3, 0.4) is 0 Å². The summed E-state index contributed by atoms with van der Waals surface area (Å²) in [6.45, 7) is 1.43. The van der Waals surface area contributed by atoms with E-state index in [0.29, 0.717) is 38.2 Å². The van der Waals surface area contributed by atoms with E-state index in [1.54, 1.807) is 21.6 Å². The summed E-state index contributed by atoms with van der Waals surface area (Å²) < 4.78 is 15.3. The van der Waals surface area contributed by atoms with E-state index in [9.17, 15) is 14.0 Å². The van der Waals surface area contributed by atoms with Gasteiger partial charge in [-0.25, -0.2) is 9.37 Å². The highest BCUT2D eigenvalue weighted by Crippen LogP contribution is 2.32. The van der Waals surface area contributed by atoms with Crippen LogP contribution in [-0.4, -0.2) is 34.8 Å². The summed E-state index contributed by atoms with van der Waals surface area (Å²) in [6, 6.07) is 12.4. The van der Waals surface area contributed by atoms with E-state index in [4.69, 9.17) is 11.6 Å². The number of thiazole rings is 1. The average Bonchev–Trinajstić information content (AvgIpc) is 3.50. The zero-order valence-corrected chi connectivity index (χ0v) is 20.5. The number of benzene rings is 2. The van der Waals surface area contributed by atoms with Gasteiger partial charge in [0.25, 0.3) is 11.8 Å². The molecule has 3 heterocycles. The third-order valence-electron chi connectivity index (χ3n) is 6.06. The second kappa shape index (κ2) is 9.82. The molecule has 1 aliphatic rings. The minimum absolute atomic E-state index is 0.0748. The van der Waals surface area contributed by atoms with Crippen molar-refractivity contribution >= 4 is 56.2 Å². The molecule has 0 radical (unpaired) electrons. The van der Waals surface area contributed by atoms with Crippen LogP contribution in [-0.2, 0) is 6.54 Å². The van der Waals surface area contributed by atoms with Crippen molar-refractivity contribution in [1.82, 2.24) is 15.2 Å². The van der Waals surface area contributed by atoms with E-state index in [0.717, 1.165) is 16.0 Å². The first-order chi connectivity index (χ1) is 16.5. The van der Waals surface area contributed by atoms with Gasteiger partial charge in [0, 0.05) is 35.6 Å². The molecule has 1 saturated heterocycles. The van der Waals surface area contributed by atoms with Crippen molar-refractivity contribution < 1.29 is 14.0 Å². The number of nitrogens with zero attached hydrogens (tertiary/aromatic N) is 2. The smallest absolute Gasteiger partial charge is 0.271 e. The lowest BCUT2D eigenvalue weighted by molar-refractivity contribution is 0.0708. The van der Waals surface area contributed by atoms with E-state index < -0.39 is 5.82 Å². The monoisotopic (exact) mass is 513 g/mol. The average molecular weight is 514 g/mol. The molecule has 1 N–H and O–H groups in total. The number of aromatic nitrogens is 1. The topological polar surface area (TPSA) is 62.3 Å². The molecule has 0 spiro atoms. The molecule has 0 unspecified atom stereocenters. The van der Waals surface area contributed by atoms with Gasteiger partial charge in [0.2, 0.25) is 0 Å². The van der Waals surface area contributed by atoms with Gasteiger partial charge in [-0.1, -0.05) is 35.9 Å². The van der Waals surface area contributed by atoms with Gasteiger partial charge in [0.1, 0.15) is 11.5 Å². The van der Waals surface area contributed by atoms with Crippen LogP contribution in [0.4, 0.5) is 4.39 Å². The number of fused-ring (bicyclic) bond motifs is 1. The molecule has 4 aromatic rings. The van der Waals surface area contributed by atoms with Crippen LogP contribution in [0.25, 0.3) is 10.1 Å². The van der Waals surface area contributed by atoms with Gasteiger partial charge in [-0.3, -0.25) is 9.59 Å². The predicted molar refractivity (Wildman–Crippen MR) is 134 cm³/mol. The number of hydrogen-bond donors (Lipinski definition) is 1. The van der Waals surface area contributed by atoms with E-state index >= 15 is 0 Å². The van der Waals surface area contributed by atoms with Crippen LogP contribution in [0.15, 0.2) is 53.2 Å². The van der Waals surface area contributed by atoms with E-state index in [1.165, 1.54) is 34.2 Å². The molecule has 2 aromatic carbocycles. The summed E-state index contributed by atoms with van der Waals surface area (Å²) >= 11 is 9.19. The molecular weight excluding hydrogens is 493 g/mol. The minimum Gasteiger partial charge on any atom is -0.347 e. The largest absolute Gasteiger partial charge is 0.347 e. The van der Waals surface area contributed by atoms with Gasteiger partial charge >= 0.3 is 0 Å². The predicted octanol–water partition coefficient (Wildman–Crippen LogP) is 6.10. The molecule has 9 heteroatoms. The number of hydrogen-bond acceptors (Lipinski definition) is 5. The lowest BCUT2D eigenvalue weighted by Crippen LogP contribution is -2.38. The van der Waals surface area contributed by atoms with Crippen LogP contribution in [0, 0.1) is 5.82 Å². The maximum absolute atomic E-state index is 14.1. The number of rotatable bonds is 5.